The fraction of sp³-hybridized carbons (Fsp3) is 0.435. The third-order valence-electron chi connectivity index (χ3n) is 4.99. The van der Waals surface area contributed by atoms with Crippen LogP contribution in [-0.4, -0.2) is 47.4 Å². The van der Waals surface area contributed by atoms with Gasteiger partial charge in [0.15, 0.2) is 0 Å². The number of anilines is 1. The van der Waals surface area contributed by atoms with Gasteiger partial charge in [0, 0.05) is 5.56 Å². The SMILES string of the molecule is CCOc1ccc(N([C@@H](CC)C(=O)N[C@@H](C)c2cc(OC)ccc2OC)S(C)(=O)=O)cc1. The van der Waals surface area contributed by atoms with Crippen molar-refractivity contribution in [2.75, 3.05) is 31.4 Å². The van der Waals surface area contributed by atoms with E-state index in [0.717, 1.165) is 16.1 Å². The highest BCUT2D eigenvalue weighted by Gasteiger charge is 2.32. The first kappa shape index (κ1) is 25.3. The summed E-state index contributed by atoms with van der Waals surface area (Å²) < 4.78 is 42.6. The molecule has 0 aliphatic heterocycles. The van der Waals surface area contributed by atoms with Gasteiger partial charge in [-0.25, -0.2) is 8.42 Å². The number of rotatable bonds is 11. The van der Waals surface area contributed by atoms with Crippen LogP contribution in [0.4, 0.5) is 5.69 Å². The number of sulfonamides is 1. The number of carbonyl (C=O) groups is 1. The molecule has 2 rings (SSSR count). The lowest BCUT2D eigenvalue weighted by Gasteiger charge is -2.31. The molecule has 0 aromatic heterocycles. The van der Waals surface area contributed by atoms with E-state index >= 15 is 0 Å². The normalized spacial score (nSPS) is 13.1. The summed E-state index contributed by atoms with van der Waals surface area (Å²) in [5.74, 6) is 1.43. The summed E-state index contributed by atoms with van der Waals surface area (Å²) in [7, 11) is -0.630. The summed E-state index contributed by atoms with van der Waals surface area (Å²) in [6.07, 6.45) is 1.38. The summed E-state index contributed by atoms with van der Waals surface area (Å²) in [6, 6.07) is 10.6. The highest BCUT2D eigenvalue weighted by atomic mass is 32.2. The summed E-state index contributed by atoms with van der Waals surface area (Å²) in [5.41, 5.74) is 1.12. The molecule has 9 heteroatoms. The van der Waals surface area contributed by atoms with Gasteiger partial charge < -0.3 is 19.5 Å². The summed E-state index contributed by atoms with van der Waals surface area (Å²) in [4.78, 5) is 13.2. The van der Waals surface area contributed by atoms with E-state index in [0.29, 0.717) is 29.5 Å². The maximum absolute atomic E-state index is 13.2. The first-order valence-corrected chi connectivity index (χ1v) is 12.3. The van der Waals surface area contributed by atoms with Crippen molar-refractivity contribution in [3.8, 4) is 17.2 Å². The second kappa shape index (κ2) is 11.1. The molecule has 1 amide bonds. The molecule has 0 saturated heterocycles. The van der Waals surface area contributed by atoms with Gasteiger partial charge in [0.25, 0.3) is 0 Å². The Morgan fingerprint density at radius 2 is 1.66 bits per heavy atom. The molecule has 2 aromatic carbocycles. The minimum Gasteiger partial charge on any atom is -0.497 e. The van der Waals surface area contributed by atoms with Gasteiger partial charge in [-0.15, -0.1) is 0 Å². The van der Waals surface area contributed by atoms with E-state index in [9.17, 15) is 13.2 Å². The smallest absolute Gasteiger partial charge is 0.244 e. The molecular formula is C23H32N2O6S. The molecule has 32 heavy (non-hydrogen) atoms. The van der Waals surface area contributed by atoms with Crippen LogP contribution in [-0.2, 0) is 14.8 Å². The number of methoxy groups -OCH3 is 2. The molecule has 0 unspecified atom stereocenters. The van der Waals surface area contributed by atoms with E-state index in [4.69, 9.17) is 14.2 Å². The van der Waals surface area contributed by atoms with Crippen LogP contribution in [0.25, 0.3) is 0 Å². The first-order chi connectivity index (χ1) is 15.2. The molecule has 0 fully saturated rings. The molecule has 0 aliphatic rings. The number of ether oxygens (including phenoxy) is 3. The van der Waals surface area contributed by atoms with E-state index in [2.05, 4.69) is 5.32 Å². The number of hydrogen-bond donors (Lipinski definition) is 1. The summed E-state index contributed by atoms with van der Waals surface area (Å²) >= 11 is 0. The Morgan fingerprint density at radius 1 is 1.03 bits per heavy atom. The molecule has 176 valence electrons. The first-order valence-electron chi connectivity index (χ1n) is 10.4. The molecule has 0 spiro atoms. The summed E-state index contributed by atoms with van der Waals surface area (Å²) in [6.45, 7) is 5.95. The fourth-order valence-corrected chi connectivity index (χ4v) is 4.69. The molecule has 2 aromatic rings. The van der Waals surface area contributed by atoms with Crippen molar-refractivity contribution in [1.82, 2.24) is 5.32 Å². The van der Waals surface area contributed by atoms with E-state index in [1.165, 1.54) is 0 Å². The van der Waals surface area contributed by atoms with Crippen LogP contribution in [0.15, 0.2) is 42.5 Å². The highest BCUT2D eigenvalue weighted by molar-refractivity contribution is 7.92. The maximum Gasteiger partial charge on any atom is 0.244 e. The molecule has 0 heterocycles. The molecule has 1 N–H and O–H groups in total. The average molecular weight is 465 g/mol. The standard InChI is InChI=1S/C23H32N2O6S/c1-7-21(25(32(6,27)28)17-9-11-18(12-10-17)31-8-2)23(26)24-16(3)20-15-19(29-4)13-14-22(20)30-5/h9-16,21H,7-8H2,1-6H3,(H,24,26)/t16-,21-/m0/s1. The molecule has 0 aliphatic carbocycles. The molecule has 0 saturated carbocycles. The molecule has 0 radical (unpaired) electrons. The minimum absolute atomic E-state index is 0.286. The largest absolute Gasteiger partial charge is 0.497 e. The third kappa shape index (κ3) is 6.06. The van der Waals surface area contributed by atoms with Crippen molar-refractivity contribution >= 4 is 21.6 Å². The van der Waals surface area contributed by atoms with Gasteiger partial charge in [-0.3, -0.25) is 9.10 Å². The van der Waals surface area contributed by atoms with Crippen molar-refractivity contribution in [2.45, 2.75) is 39.3 Å². The zero-order valence-electron chi connectivity index (χ0n) is 19.4. The predicted octanol–water partition coefficient (Wildman–Crippen LogP) is 3.52. The second-order valence-electron chi connectivity index (χ2n) is 7.25. The summed E-state index contributed by atoms with van der Waals surface area (Å²) in [5, 5.41) is 2.92. The quantitative estimate of drug-likeness (QED) is 0.547. The van der Waals surface area contributed by atoms with E-state index in [1.807, 2.05) is 13.8 Å². The Kier molecular flexibility index (Phi) is 8.77. The number of benzene rings is 2. The number of nitrogens with zero attached hydrogens (tertiary/aromatic N) is 1. The predicted molar refractivity (Wildman–Crippen MR) is 125 cm³/mol. The van der Waals surface area contributed by atoms with Crippen LogP contribution in [0.5, 0.6) is 17.2 Å². The third-order valence-corrected chi connectivity index (χ3v) is 6.17. The number of hydrogen-bond acceptors (Lipinski definition) is 6. The van der Waals surface area contributed by atoms with Gasteiger partial charge in [-0.2, -0.15) is 0 Å². The highest BCUT2D eigenvalue weighted by Crippen LogP contribution is 2.30. The van der Waals surface area contributed by atoms with Crippen LogP contribution in [0, 0.1) is 0 Å². The van der Waals surface area contributed by atoms with E-state index in [1.54, 1.807) is 63.6 Å². The van der Waals surface area contributed by atoms with Crippen LogP contribution in [0.1, 0.15) is 38.8 Å². The lowest BCUT2D eigenvalue weighted by Crippen LogP contribution is -2.49. The van der Waals surface area contributed by atoms with Crippen molar-refractivity contribution in [3.05, 3.63) is 48.0 Å². The van der Waals surface area contributed by atoms with Gasteiger partial charge in [-0.1, -0.05) is 6.92 Å². The minimum atomic E-state index is -3.74. The van der Waals surface area contributed by atoms with Crippen molar-refractivity contribution in [3.63, 3.8) is 0 Å². The number of nitrogens with one attached hydrogen (secondary N) is 1. The van der Waals surface area contributed by atoms with Crippen LogP contribution in [0.2, 0.25) is 0 Å². The lowest BCUT2D eigenvalue weighted by atomic mass is 10.1. The Hall–Kier alpha value is -2.94. The Balaban J connectivity index is 2.34. The molecular weight excluding hydrogens is 432 g/mol. The lowest BCUT2D eigenvalue weighted by molar-refractivity contribution is -0.122. The topological polar surface area (TPSA) is 94.2 Å². The van der Waals surface area contributed by atoms with Crippen molar-refractivity contribution < 1.29 is 27.4 Å². The molecule has 0 bridgehead atoms. The zero-order valence-corrected chi connectivity index (χ0v) is 20.2. The number of amides is 1. The van der Waals surface area contributed by atoms with Gasteiger partial charge in [0.1, 0.15) is 23.3 Å². The van der Waals surface area contributed by atoms with Crippen LogP contribution >= 0.6 is 0 Å². The van der Waals surface area contributed by atoms with Crippen molar-refractivity contribution in [2.24, 2.45) is 0 Å². The monoisotopic (exact) mass is 464 g/mol. The van der Waals surface area contributed by atoms with Gasteiger partial charge in [0.2, 0.25) is 15.9 Å². The second-order valence-corrected chi connectivity index (χ2v) is 9.11. The zero-order chi connectivity index (χ0) is 23.9. The Morgan fingerprint density at radius 3 is 2.16 bits per heavy atom. The van der Waals surface area contributed by atoms with Gasteiger partial charge >= 0.3 is 0 Å². The average Bonchev–Trinajstić information content (AvgIpc) is 2.76. The molecule has 8 nitrogen and oxygen atoms in total. The van der Waals surface area contributed by atoms with Crippen molar-refractivity contribution in [1.29, 1.82) is 0 Å². The maximum atomic E-state index is 13.2. The van der Waals surface area contributed by atoms with E-state index in [-0.39, 0.29) is 6.42 Å². The fourth-order valence-electron chi connectivity index (χ4n) is 3.48. The number of carbonyl (C=O) groups excluding carboxylic acids is 1. The van der Waals surface area contributed by atoms with E-state index < -0.39 is 28.0 Å². The van der Waals surface area contributed by atoms with Crippen LogP contribution in [0.3, 0.4) is 0 Å². The molecule has 2 atom stereocenters. The Bertz CT molecular complexity index is 1010. The van der Waals surface area contributed by atoms with Crippen LogP contribution < -0.4 is 23.8 Å². The Labute approximate surface area is 190 Å². The van der Waals surface area contributed by atoms with Gasteiger partial charge in [0.05, 0.1) is 38.8 Å². The van der Waals surface area contributed by atoms with Gasteiger partial charge in [-0.05, 0) is 62.7 Å².